The van der Waals surface area contributed by atoms with E-state index in [1.54, 1.807) is 10.9 Å². The third kappa shape index (κ3) is 8.57. The van der Waals surface area contributed by atoms with Crippen LogP contribution in [0.2, 0.25) is 10.0 Å². The molecule has 2 aliphatic rings. The van der Waals surface area contributed by atoms with E-state index in [1.165, 1.54) is 57.0 Å². The summed E-state index contributed by atoms with van der Waals surface area (Å²) in [5.41, 5.74) is 9.95. The SMILES string of the molecule is CC(Oc1ccc2c(c1)c(/C(F)=C/c1ccc(CC3(N)CCCCCCCCCC3)nc1)nn2C1CCCCO1)c1c(Cl)cncc1Cl. The van der Waals surface area contributed by atoms with Crippen LogP contribution in [0, 0.1) is 0 Å². The maximum absolute atomic E-state index is 16.2. The Bertz CT molecular complexity index is 1670. The van der Waals surface area contributed by atoms with Gasteiger partial charge in [0.2, 0.25) is 0 Å². The molecule has 6 rings (SSSR count). The number of hydrogen-bond donors (Lipinski definition) is 1. The summed E-state index contributed by atoms with van der Waals surface area (Å²) in [6.45, 7) is 2.51. The third-order valence-corrected chi connectivity index (χ3v) is 10.3. The number of ether oxygens (including phenoxy) is 2. The molecule has 2 atom stereocenters. The number of benzene rings is 1. The predicted octanol–water partition coefficient (Wildman–Crippen LogP) is 10.6. The second kappa shape index (κ2) is 16.1. The standard InChI is InChI=1S/C38H46Cl2FN5O2/c1-26(36-31(39)24-43-25-32(36)40)48-29-15-16-34-30(21-29)37(45-46(34)35-12-8-11-19-47-35)33(41)20-27-13-14-28(44-23-27)22-38(42)17-9-6-4-2-3-5-7-10-18-38/h13-16,20-21,23-26,35H,2-12,17-19,22,42H2,1H3/b33-20-. The molecule has 1 aromatic carbocycles. The van der Waals surface area contributed by atoms with Gasteiger partial charge in [-0.15, -0.1) is 0 Å². The lowest BCUT2D eigenvalue weighted by Gasteiger charge is -2.29. The van der Waals surface area contributed by atoms with Crippen molar-refractivity contribution in [2.24, 2.45) is 5.73 Å². The van der Waals surface area contributed by atoms with Crippen LogP contribution >= 0.6 is 23.2 Å². The molecule has 4 heterocycles. The first kappa shape index (κ1) is 34.8. The number of nitrogens with two attached hydrogens (primary N) is 1. The maximum atomic E-state index is 16.2. The predicted molar refractivity (Wildman–Crippen MR) is 192 cm³/mol. The molecule has 1 saturated carbocycles. The third-order valence-electron chi connectivity index (χ3n) is 9.72. The Morgan fingerprint density at radius 2 is 1.71 bits per heavy atom. The summed E-state index contributed by atoms with van der Waals surface area (Å²) < 4.78 is 30.3. The summed E-state index contributed by atoms with van der Waals surface area (Å²) in [7, 11) is 0. The zero-order chi connectivity index (χ0) is 33.5. The molecular weight excluding hydrogens is 648 g/mol. The smallest absolute Gasteiger partial charge is 0.151 e. The van der Waals surface area contributed by atoms with E-state index in [4.69, 9.17) is 48.5 Å². The summed E-state index contributed by atoms with van der Waals surface area (Å²) in [6, 6.07) is 9.45. The molecule has 2 fully saturated rings. The number of aromatic nitrogens is 4. The topological polar surface area (TPSA) is 88.1 Å². The van der Waals surface area contributed by atoms with E-state index >= 15 is 4.39 Å². The average molecular weight is 695 g/mol. The van der Waals surface area contributed by atoms with Crippen molar-refractivity contribution < 1.29 is 13.9 Å². The second-order valence-electron chi connectivity index (χ2n) is 13.5. The molecule has 2 unspecified atom stereocenters. The molecule has 3 aromatic heterocycles. The molecule has 1 aliphatic heterocycles. The maximum Gasteiger partial charge on any atom is 0.151 e. The van der Waals surface area contributed by atoms with Crippen molar-refractivity contribution >= 4 is 46.0 Å². The fourth-order valence-corrected chi connectivity index (χ4v) is 7.77. The quantitative estimate of drug-likeness (QED) is 0.198. The van der Waals surface area contributed by atoms with Gasteiger partial charge in [0.25, 0.3) is 0 Å². The summed E-state index contributed by atoms with van der Waals surface area (Å²) in [5, 5.41) is 6.22. The van der Waals surface area contributed by atoms with Gasteiger partial charge >= 0.3 is 0 Å². The second-order valence-corrected chi connectivity index (χ2v) is 14.3. The minimum Gasteiger partial charge on any atom is -0.486 e. The Kier molecular flexibility index (Phi) is 11.7. The minimum atomic E-state index is -0.468. The Morgan fingerprint density at radius 1 is 1.00 bits per heavy atom. The van der Waals surface area contributed by atoms with Crippen LogP contribution in [0.3, 0.4) is 0 Å². The molecule has 1 saturated heterocycles. The zero-order valence-corrected chi connectivity index (χ0v) is 29.3. The summed E-state index contributed by atoms with van der Waals surface area (Å²) in [4.78, 5) is 8.76. The molecule has 0 spiro atoms. The molecule has 256 valence electrons. The average Bonchev–Trinajstić information content (AvgIpc) is 3.44. The molecule has 0 radical (unpaired) electrons. The monoisotopic (exact) mass is 693 g/mol. The Morgan fingerprint density at radius 3 is 2.35 bits per heavy atom. The number of nitrogens with zero attached hydrogens (tertiary/aromatic N) is 4. The molecule has 7 nitrogen and oxygen atoms in total. The van der Waals surface area contributed by atoms with Gasteiger partial charge in [-0.1, -0.05) is 80.6 Å². The molecule has 10 heteroatoms. The van der Waals surface area contributed by atoms with Crippen LogP contribution < -0.4 is 10.5 Å². The van der Waals surface area contributed by atoms with Crippen LogP contribution in [0.1, 0.15) is 125 Å². The van der Waals surface area contributed by atoms with E-state index in [0.29, 0.717) is 38.9 Å². The van der Waals surface area contributed by atoms with Gasteiger partial charge in [0.1, 0.15) is 17.5 Å². The number of hydrogen-bond acceptors (Lipinski definition) is 6. The van der Waals surface area contributed by atoms with Gasteiger partial charge in [-0.3, -0.25) is 9.97 Å². The highest BCUT2D eigenvalue weighted by Crippen LogP contribution is 2.37. The van der Waals surface area contributed by atoms with Gasteiger partial charge in [-0.2, -0.15) is 5.10 Å². The van der Waals surface area contributed by atoms with Gasteiger partial charge < -0.3 is 15.2 Å². The Hall–Kier alpha value is -3.04. The van der Waals surface area contributed by atoms with Crippen molar-refractivity contribution in [1.82, 2.24) is 19.7 Å². The number of pyridine rings is 2. The van der Waals surface area contributed by atoms with Crippen molar-refractivity contribution in [3.63, 3.8) is 0 Å². The summed E-state index contributed by atoms with van der Waals surface area (Å²) >= 11 is 12.8. The molecule has 1 aliphatic carbocycles. The first-order valence-corrected chi connectivity index (χ1v) is 18.3. The van der Waals surface area contributed by atoms with E-state index in [9.17, 15) is 0 Å². The van der Waals surface area contributed by atoms with Crippen LogP contribution in [0.25, 0.3) is 22.8 Å². The minimum absolute atomic E-state index is 0.222. The van der Waals surface area contributed by atoms with Crippen molar-refractivity contribution in [1.29, 1.82) is 0 Å². The number of fused-ring (bicyclic) bond motifs is 1. The van der Waals surface area contributed by atoms with Crippen LogP contribution in [0.15, 0.2) is 48.9 Å². The van der Waals surface area contributed by atoms with Crippen molar-refractivity contribution in [3.8, 4) is 5.75 Å². The van der Waals surface area contributed by atoms with E-state index in [1.807, 2.05) is 37.3 Å². The number of halogens is 3. The highest BCUT2D eigenvalue weighted by molar-refractivity contribution is 6.35. The lowest BCUT2D eigenvalue weighted by molar-refractivity contribution is -0.0367. The van der Waals surface area contributed by atoms with Crippen LogP contribution in [0.5, 0.6) is 5.75 Å². The number of rotatable bonds is 8. The van der Waals surface area contributed by atoms with E-state index in [2.05, 4.69) is 4.98 Å². The van der Waals surface area contributed by atoms with Crippen LogP contribution in [0.4, 0.5) is 4.39 Å². The molecule has 4 aromatic rings. The largest absolute Gasteiger partial charge is 0.486 e. The zero-order valence-electron chi connectivity index (χ0n) is 27.8. The fourth-order valence-electron chi connectivity index (χ4n) is 7.10. The first-order chi connectivity index (χ1) is 23.3. The van der Waals surface area contributed by atoms with Gasteiger partial charge in [0.05, 0.1) is 15.6 Å². The van der Waals surface area contributed by atoms with Gasteiger partial charge in [-0.05, 0) is 74.9 Å². The van der Waals surface area contributed by atoms with Crippen molar-refractivity contribution in [2.45, 2.75) is 115 Å². The van der Waals surface area contributed by atoms with Crippen LogP contribution in [-0.4, -0.2) is 31.9 Å². The molecule has 0 amide bonds. The van der Waals surface area contributed by atoms with Gasteiger partial charge in [-0.25, -0.2) is 9.07 Å². The Balaban J connectivity index is 1.25. The van der Waals surface area contributed by atoms with E-state index < -0.39 is 11.9 Å². The molecular formula is C38H46Cl2FN5O2. The first-order valence-electron chi connectivity index (χ1n) is 17.5. The lowest BCUT2D eigenvalue weighted by atomic mass is 9.83. The molecule has 2 N–H and O–H groups in total. The highest BCUT2D eigenvalue weighted by Gasteiger charge is 2.26. The highest BCUT2D eigenvalue weighted by atomic mass is 35.5. The summed E-state index contributed by atoms with van der Waals surface area (Å²) in [5.74, 6) is 0.0724. The fraction of sp³-hybridized carbons (Fsp3) is 0.500. The summed E-state index contributed by atoms with van der Waals surface area (Å²) in [6.07, 6.45) is 21.2. The lowest BCUT2D eigenvalue weighted by Crippen LogP contribution is -2.42. The van der Waals surface area contributed by atoms with Gasteiger partial charge in [0, 0.05) is 53.8 Å². The van der Waals surface area contributed by atoms with Crippen molar-refractivity contribution in [2.75, 3.05) is 6.61 Å². The van der Waals surface area contributed by atoms with E-state index in [-0.39, 0.29) is 17.5 Å². The Labute approximate surface area is 293 Å². The van der Waals surface area contributed by atoms with Crippen LogP contribution in [-0.2, 0) is 11.2 Å². The molecule has 48 heavy (non-hydrogen) atoms. The molecule has 0 bridgehead atoms. The van der Waals surface area contributed by atoms with Gasteiger partial charge in [0.15, 0.2) is 12.1 Å². The normalized spacial score (nSPS) is 20.3. The van der Waals surface area contributed by atoms with Crippen molar-refractivity contribution in [3.05, 3.63) is 81.5 Å². The van der Waals surface area contributed by atoms with E-state index in [0.717, 1.165) is 62.6 Å².